The van der Waals surface area contributed by atoms with Crippen LogP contribution in [0, 0.1) is 25.5 Å². The lowest BCUT2D eigenvalue weighted by atomic mass is 10.0. The lowest BCUT2D eigenvalue weighted by molar-refractivity contribution is 0.0954. The molecule has 0 atom stereocenters. The van der Waals surface area contributed by atoms with Crippen LogP contribution in [0.15, 0.2) is 30.3 Å². The Morgan fingerprint density at radius 1 is 1.22 bits per heavy atom. The van der Waals surface area contributed by atoms with Crippen molar-refractivity contribution in [1.29, 1.82) is 0 Å². The third-order valence-electron chi connectivity index (χ3n) is 4.63. The van der Waals surface area contributed by atoms with Crippen LogP contribution in [-0.2, 0) is 6.42 Å². The highest BCUT2D eigenvalue weighted by atomic mass is 32.1. The summed E-state index contributed by atoms with van der Waals surface area (Å²) in [6.07, 6.45) is 0.571. The summed E-state index contributed by atoms with van der Waals surface area (Å²) in [5.74, 6) is -0.954. The van der Waals surface area contributed by atoms with E-state index in [-0.39, 0.29) is 17.5 Å². The normalized spacial score (nSPS) is 11.4. The molecule has 4 nitrogen and oxygen atoms in total. The lowest BCUT2D eigenvalue weighted by Crippen LogP contribution is -2.25. The van der Waals surface area contributed by atoms with Crippen LogP contribution in [0.2, 0.25) is 0 Å². The Bertz CT molecular complexity index is 1180. The molecule has 0 unspecified atom stereocenters. The van der Waals surface area contributed by atoms with Crippen molar-refractivity contribution in [2.24, 2.45) is 0 Å². The zero-order valence-corrected chi connectivity index (χ0v) is 15.6. The molecule has 0 saturated carbocycles. The van der Waals surface area contributed by atoms with Gasteiger partial charge in [-0.15, -0.1) is 11.3 Å². The number of nitrogens with one attached hydrogen (secondary N) is 2. The Balaban J connectivity index is 1.51. The molecule has 0 bridgehead atoms. The van der Waals surface area contributed by atoms with Crippen LogP contribution in [0.25, 0.3) is 21.1 Å². The van der Waals surface area contributed by atoms with E-state index in [0.717, 1.165) is 26.9 Å². The van der Waals surface area contributed by atoms with Crippen LogP contribution < -0.4 is 5.32 Å². The van der Waals surface area contributed by atoms with Crippen molar-refractivity contribution in [1.82, 2.24) is 15.3 Å². The highest BCUT2D eigenvalue weighted by molar-refractivity contribution is 7.20. The molecule has 1 amide bonds. The van der Waals surface area contributed by atoms with Crippen molar-refractivity contribution < 1.29 is 13.6 Å². The number of carbonyl (C=O) groups excluding carboxylic acids is 1. The number of H-pyrrole nitrogens is 1. The third-order valence-corrected chi connectivity index (χ3v) is 5.67. The minimum absolute atomic E-state index is 0.282. The predicted molar refractivity (Wildman–Crippen MR) is 103 cm³/mol. The average Bonchev–Trinajstić information content (AvgIpc) is 3.20. The molecule has 2 aromatic heterocycles. The first-order valence-electron chi connectivity index (χ1n) is 8.54. The number of halogens is 2. The maximum Gasteiger partial charge on any atom is 0.280 e. The number of fused-ring (bicyclic) bond motifs is 2. The fourth-order valence-electron chi connectivity index (χ4n) is 3.33. The zero-order valence-electron chi connectivity index (χ0n) is 14.8. The number of aryl methyl sites for hydroxylation is 2. The molecule has 2 heterocycles. The molecule has 2 aromatic carbocycles. The van der Waals surface area contributed by atoms with Crippen LogP contribution in [0.3, 0.4) is 0 Å². The van der Waals surface area contributed by atoms with Gasteiger partial charge in [0.25, 0.3) is 5.91 Å². The number of amides is 1. The molecule has 0 aliphatic heterocycles. The molecular weight excluding hydrogens is 368 g/mol. The molecule has 27 heavy (non-hydrogen) atoms. The highest BCUT2D eigenvalue weighted by Gasteiger charge is 2.16. The number of thiazole rings is 1. The second-order valence-corrected chi connectivity index (χ2v) is 7.51. The first-order valence-corrected chi connectivity index (χ1v) is 9.36. The number of hydrogen-bond acceptors (Lipinski definition) is 3. The number of benzene rings is 2. The number of carbonyl (C=O) groups is 1. The fraction of sp³-hybridized carbons (Fsp3) is 0.200. The summed E-state index contributed by atoms with van der Waals surface area (Å²) in [7, 11) is 0. The van der Waals surface area contributed by atoms with Gasteiger partial charge in [0.05, 0.1) is 15.7 Å². The van der Waals surface area contributed by atoms with Crippen LogP contribution >= 0.6 is 11.3 Å². The largest absolute Gasteiger partial charge is 0.356 e. The maximum atomic E-state index is 14.0. The summed E-state index contributed by atoms with van der Waals surface area (Å²) < 4.78 is 28.1. The first kappa shape index (κ1) is 17.6. The van der Waals surface area contributed by atoms with Crippen molar-refractivity contribution in [3.05, 3.63) is 63.8 Å². The molecular formula is C20H17F2N3OS. The van der Waals surface area contributed by atoms with Gasteiger partial charge in [0.2, 0.25) is 0 Å². The number of rotatable bonds is 4. The zero-order chi connectivity index (χ0) is 19.1. The van der Waals surface area contributed by atoms with E-state index in [2.05, 4.69) is 15.3 Å². The van der Waals surface area contributed by atoms with Gasteiger partial charge in [0, 0.05) is 23.7 Å². The monoisotopic (exact) mass is 385 g/mol. The Hall–Kier alpha value is -2.80. The summed E-state index contributed by atoms with van der Waals surface area (Å²) in [6, 6.07) is 7.49. The van der Waals surface area contributed by atoms with Crippen molar-refractivity contribution in [3.63, 3.8) is 0 Å². The van der Waals surface area contributed by atoms with Gasteiger partial charge >= 0.3 is 0 Å². The van der Waals surface area contributed by atoms with Gasteiger partial charge in [-0.05, 0) is 49.6 Å². The molecule has 0 saturated heterocycles. The number of aromatic amines is 1. The SMILES string of the molecule is Cc1[nH]c2c(F)ccc(C)c2c1CCNC(=O)c1nc2cc(F)ccc2s1. The van der Waals surface area contributed by atoms with E-state index >= 15 is 0 Å². The van der Waals surface area contributed by atoms with Gasteiger partial charge < -0.3 is 10.3 Å². The Kier molecular flexibility index (Phi) is 4.39. The van der Waals surface area contributed by atoms with E-state index in [4.69, 9.17) is 0 Å². The molecule has 0 fully saturated rings. The van der Waals surface area contributed by atoms with Gasteiger partial charge in [-0.3, -0.25) is 4.79 Å². The molecule has 0 aliphatic rings. The predicted octanol–water partition coefficient (Wildman–Crippen LogP) is 4.65. The summed E-state index contributed by atoms with van der Waals surface area (Å²) in [6.45, 7) is 4.24. The maximum absolute atomic E-state index is 14.0. The van der Waals surface area contributed by atoms with Gasteiger partial charge in [0.15, 0.2) is 5.01 Å². The van der Waals surface area contributed by atoms with Gasteiger partial charge in [-0.2, -0.15) is 0 Å². The first-order chi connectivity index (χ1) is 12.9. The molecule has 2 N–H and O–H groups in total. The second-order valence-electron chi connectivity index (χ2n) is 6.48. The number of nitrogens with zero attached hydrogens (tertiary/aromatic N) is 1. The Morgan fingerprint density at radius 3 is 2.85 bits per heavy atom. The average molecular weight is 385 g/mol. The standard InChI is InChI=1S/C20H17F2N3OS/c1-10-3-5-14(22)18-17(10)13(11(2)24-18)7-8-23-19(26)20-25-15-9-12(21)4-6-16(15)27-20/h3-6,9,24H,7-8H2,1-2H3,(H,23,26). The minimum atomic E-state index is -0.378. The fourth-order valence-corrected chi connectivity index (χ4v) is 4.19. The molecule has 4 aromatic rings. The van der Waals surface area contributed by atoms with Crippen molar-refractivity contribution in [2.75, 3.05) is 6.54 Å². The number of aromatic nitrogens is 2. The van der Waals surface area contributed by atoms with Gasteiger partial charge in [-0.1, -0.05) is 6.07 Å². The van der Waals surface area contributed by atoms with Gasteiger partial charge in [-0.25, -0.2) is 13.8 Å². The van der Waals surface area contributed by atoms with Crippen molar-refractivity contribution in [2.45, 2.75) is 20.3 Å². The Labute approximate surface area is 158 Å². The molecule has 0 aliphatic carbocycles. The van der Waals surface area contributed by atoms with Crippen molar-refractivity contribution >= 4 is 38.4 Å². The molecule has 4 rings (SSSR count). The molecule has 7 heteroatoms. The smallest absolute Gasteiger partial charge is 0.280 e. The number of hydrogen-bond donors (Lipinski definition) is 2. The van der Waals surface area contributed by atoms with Crippen LogP contribution in [0.4, 0.5) is 8.78 Å². The van der Waals surface area contributed by atoms with E-state index in [1.165, 1.54) is 29.5 Å². The quantitative estimate of drug-likeness (QED) is 0.537. The van der Waals surface area contributed by atoms with E-state index in [1.54, 1.807) is 12.1 Å². The van der Waals surface area contributed by atoms with Crippen LogP contribution in [-0.4, -0.2) is 22.4 Å². The highest BCUT2D eigenvalue weighted by Crippen LogP contribution is 2.28. The third kappa shape index (κ3) is 3.19. The minimum Gasteiger partial charge on any atom is -0.356 e. The molecule has 0 spiro atoms. The molecule has 138 valence electrons. The summed E-state index contributed by atoms with van der Waals surface area (Å²) in [4.78, 5) is 19.7. The second kappa shape index (κ2) is 6.74. The molecule has 0 radical (unpaired) electrons. The summed E-state index contributed by atoms with van der Waals surface area (Å²) in [5, 5.41) is 4.02. The van der Waals surface area contributed by atoms with E-state index in [1.807, 2.05) is 13.8 Å². The van der Waals surface area contributed by atoms with E-state index in [9.17, 15) is 13.6 Å². The topological polar surface area (TPSA) is 57.8 Å². The summed E-state index contributed by atoms with van der Waals surface area (Å²) >= 11 is 1.23. The van der Waals surface area contributed by atoms with E-state index < -0.39 is 0 Å². The Morgan fingerprint density at radius 2 is 2.04 bits per heavy atom. The van der Waals surface area contributed by atoms with Crippen LogP contribution in [0.5, 0.6) is 0 Å². The van der Waals surface area contributed by atoms with Gasteiger partial charge in [0.1, 0.15) is 11.6 Å². The van der Waals surface area contributed by atoms with Crippen molar-refractivity contribution in [3.8, 4) is 0 Å². The lowest BCUT2D eigenvalue weighted by Gasteiger charge is -2.05. The van der Waals surface area contributed by atoms with Crippen LogP contribution in [0.1, 0.15) is 26.6 Å². The van der Waals surface area contributed by atoms with E-state index in [0.29, 0.717) is 29.0 Å². The summed E-state index contributed by atoms with van der Waals surface area (Å²) in [5.41, 5.74) is 3.85.